The Hall–Kier alpha value is -2.67. The molecule has 7 heteroatoms. The molecule has 0 unspecified atom stereocenters. The number of aromatic amines is 1. The smallest absolute Gasteiger partial charge is 0.194 e. The Labute approximate surface area is 168 Å². The maximum atomic E-state index is 12.0. The Kier molecular flexibility index (Phi) is 5.17. The van der Waals surface area contributed by atoms with Crippen LogP contribution in [-0.2, 0) is 11.2 Å². The van der Waals surface area contributed by atoms with Gasteiger partial charge in [0.25, 0.3) is 0 Å². The zero-order chi connectivity index (χ0) is 19.7. The molecule has 0 atom stereocenters. The third kappa shape index (κ3) is 4.42. The quantitative estimate of drug-likeness (QED) is 0.573. The second kappa shape index (κ2) is 7.75. The number of carbonyl (C=O) groups is 1. The number of H-pyrrole nitrogens is 1. The van der Waals surface area contributed by atoms with Crippen LogP contribution in [0.2, 0.25) is 0 Å². The first-order chi connectivity index (χ1) is 13.5. The number of aryl methyl sites for hydroxylation is 2. The van der Waals surface area contributed by atoms with Crippen molar-refractivity contribution in [2.45, 2.75) is 50.1 Å². The van der Waals surface area contributed by atoms with Crippen LogP contribution in [0.5, 0.6) is 0 Å². The van der Waals surface area contributed by atoms with Crippen LogP contribution in [0.1, 0.15) is 35.4 Å². The van der Waals surface area contributed by atoms with Crippen molar-refractivity contribution in [3.63, 3.8) is 0 Å². The number of hydrogen-bond donors (Lipinski definition) is 2. The van der Waals surface area contributed by atoms with Crippen molar-refractivity contribution in [2.24, 2.45) is 5.92 Å². The summed E-state index contributed by atoms with van der Waals surface area (Å²) < 4.78 is 0. The molecule has 0 radical (unpaired) electrons. The second-order valence-electron chi connectivity index (χ2n) is 7.29. The third-order valence-electron chi connectivity index (χ3n) is 4.86. The van der Waals surface area contributed by atoms with Crippen LogP contribution in [0.15, 0.2) is 40.4 Å². The van der Waals surface area contributed by atoms with Crippen LogP contribution in [-0.4, -0.2) is 25.9 Å². The monoisotopic (exact) mass is 393 g/mol. The molecule has 2 aromatic heterocycles. The van der Waals surface area contributed by atoms with Gasteiger partial charge in [-0.1, -0.05) is 12.1 Å². The number of rotatable bonds is 7. The SMILES string of the molecule is Cc1cc(Nc2nc(Sc3ccc(CC(=O)C4CC4)cc3)nc(C)c2C)n[nH]1. The first-order valence-corrected chi connectivity index (χ1v) is 10.2. The molecule has 144 valence electrons. The zero-order valence-corrected chi connectivity index (χ0v) is 17.1. The van der Waals surface area contributed by atoms with Gasteiger partial charge in [-0.2, -0.15) is 5.10 Å². The number of nitrogens with zero attached hydrogens (tertiary/aromatic N) is 3. The lowest BCUT2D eigenvalue weighted by atomic mass is 10.1. The number of aromatic nitrogens is 4. The molecule has 0 saturated heterocycles. The molecule has 0 amide bonds. The fraction of sp³-hybridized carbons (Fsp3) is 0.333. The van der Waals surface area contributed by atoms with Gasteiger partial charge in [-0.3, -0.25) is 9.89 Å². The fourth-order valence-corrected chi connectivity index (χ4v) is 3.71. The van der Waals surface area contributed by atoms with Gasteiger partial charge in [-0.15, -0.1) is 0 Å². The topological polar surface area (TPSA) is 83.6 Å². The van der Waals surface area contributed by atoms with Gasteiger partial charge in [0.05, 0.1) is 0 Å². The number of carbonyl (C=O) groups excluding carboxylic acids is 1. The number of anilines is 2. The molecule has 1 aromatic carbocycles. The molecule has 1 aliphatic rings. The van der Waals surface area contributed by atoms with E-state index in [0.29, 0.717) is 23.3 Å². The van der Waals surface area contributed by atoms with Crippen molar-refractivity contribution in [1.29, 1.82) is 0 Å². The number of ketones is 1. The lowest BCUT2D eigenvalue weighted by Crippen LogP contribution is -2.04. The largest absolute Gasteiger partial charge is 0.323 e. The van der Waals surface area contributed by atoms with Crippen LogP contribution in [0, 0.1) is 26.7 Å². The standard InChI is InChI=1S/C21H23N5OS/c1-12-10-19(26-25-12)23-20-13(2)14(3)22-21(24-20)28-17-8-4-15(5-9-17)11-18(27)16-6-7-16/h4-5,8-10,16H,6-7,11H2,1-3H3,(H2,22,23,24,25,26). The van der Waals surface area contributed by atoms with E-state index >= 15 is 0 Å². The number of Topliss-reactive ketones (excluding diaryl/α,β-unsaturated/α-hetero) is 1. The molecule has 1 saturated carbocycles. The van der Waals surface area contributed by atoms with Crippen molar-refractivity contribution in [2.75, 3.05) is 5.32 Å². The molecule has 0 spiro atoms. The van der Waals surface area contributed by atoms with Gasteiger partial charge in [-0.25, -0.2) is 9.97 Å². The minimum Gasteiger partial charge on any atom is -0.323 e. The minimum atomic E-state index is 0.308. The summed E-state index contributed by atoms with van der Waals surface area (Å²) in [6.07, 6.45) is 2.66. The normalized spacial score (nSPS) is 13.5. The highest BCUT2D eigenvalue weighted by atomic mass is 32.2. The van der Waals surface area contributed by atoms with Crippen LogP contribution in [0.25, 0.3) is 0 Å². The highest BCUT2D eigenvalue weighted by Gasteiger charge is 2.28. The zero-order valence-electron chi connectivity index (χ0n) is 16.2. The fourth-order valence-electron chi connectivity index (χ4n) is 2.91. The molecule has 28 heavy (non-hydrogen) atoms. The third-order valence-corrected chi connectivity index (χ3v) is 5.74. The van der Waals surface area contributed by atoms with Gasteiger partial charge < -0.3 is 5.32 Å². The summed E-state index contributed by atoms with van der Waals surface area (Å²) in [5.74, 6) is 2.16. The number of nitrogens with one attached hydrogen (secondary N) is 2. The minimum absolute atomic E-state index is 0.308. The summed E-state index contributed by atoms with van der Waals surface area (Å²) in [6, 6.07) is 10.0. The predicted molar refractivity (Wildman–Crippen MR) is 110 cm³/mol. The highest BCUT2D eigenvalue weighted by Crippen LogP contribution is 2.32. The van der Waals surface area contributed by atoms with Crippen LogP contribution < -0.4 is 5.32 Å². The summed E-state index contributed by atoms with van der Waals surface area (Å²) >= 11 is 1.51. The molecular formula is C21H23N5OS. The van der Waals surface area contributed by atoms with Crippen molar-refractivity contribution in [3.8, 4) is 0 Å². The van der Waals surface area contributed by atoms with Crippen molar-refractivity contribution in [1.82, 2.24) is 20.2 Å². The first kappa shape index (κ1) is 18.7. The summed E-state index contributed by atoms with van der Waals surface area (Å²) in [4.78, 5) is 22.3. The Balaban J connectivity index is 1.48. The average Bonchev–Trinajstić information content (AvgIpc) is 3.44. The average molecular weight is 394 g/mol. The van der Waals surface area contributed by atoms with E-state index in [0.717, 1.165) is 51.9 Å². The van der Waals surface area contributed by atoms with E-state index in [-0.39, 0.29) is 0 Å². The first-order valence-electron chi connectivity index (χ1n) is 9.42. The van der Waals surface area contributed by atoms with E-state index in [9.17, 15) is 4.79 Å². The molecule has 0 bridgehead atoms. The second-order valence-corrected chi connectivity index (χ2v) is 8.33. The number of benzene rings is 1. The molecule has 1 aliphatic carbocycles. The van der Waals surface area contributed by atoms with Crippen molar-refractivity contribution < 1.29 is 4.79 Å². The lowest BCUT2D eigenvalue weighted by Gasteiger charge is -2.10. The Bertz CT molecular complexity index is 1010. The van der Waals surface area contributed by atoms with Crippen LogP contribution in [0.4, 0.5) is 11.6 Å². The van der Waals surface area contributed by atoms with Gasteiger partial charge in [0, 0.05) is 40.3 Å². The number of hydrogen-bond acceptors (Lipinski definition) is 6. The van der Waals surface area contributed by atoms with E-state index < -0.39 is 0 Å². The molecule has 2 heterocycles. The molecule has 4 rings (SSSR count). The van der Waals surface area contributed by atoms with E-state index in [1.54, 1.807) is 0 Å². The maximum absolute atomic E-state index is 12.0. The molecule has 1 fully saturated rings. The predicted octanol–water partition coefficient (Wildman–Crippen LogP) is 4.54. The van der Waals surface area contributed by atoms with Gasteiger partial charge in [0.15, 0.2) is 11.0 Å². The summed E-state index contributed by atoms with van der Waals surface area (Å²) in [5, 5.41) is 11.1. The van der Waals surface area contributed by atoms with Crippen molar-refractivity contribution in [3.05, 3.63) is 52.8 Å². The summed E-state index contributed by atoms with van der Waals surface area (Å²) in [6.45, 7) is 5.94. The Morgan fingerprint density at radius 3 is 2.57 bits per heavy atom. The molecule has 0 aliphatic heterocycles. The molecule has 2 N–H and O–H groups in total. The molecule has 3 aromatic rings. The Morgan fingerprint density at radius 1 is 1.18 bits per heavy atom. The van der Waals surface area contributed by atoms with E-state index in [4.69, 9.17) is 0 Å². The van der Waals surface area contributed by atoms with Crippen LogP contribution in [0.3, 0.4) is 0 Å². The van der Waals surface area contributed by atoms with E-state index in [1.165, 1.54) is 11.8 Å². The Morgan fingerprint density at radius 2 is 1.93 bits per heavy atom. The highest BCUT2D eigenvalue weighted by molar-refractivity contribution is 7.99. The van der Waals surface area contributed by atoms with Gasteiger partial charge in [0.2, 0.25) is 0 Å². The summed E-state index contributed by atoms with van der Waals surface area (Å²) in [7, 11) is 0. The van der Waals surface area contributed by atoms with Gasteiger partial charge >= 0.3 is 0 Å². The lowest BCUT2D eigenvalue weighted by molar-refractivity contribution is -0.119. The van der Waals surface area contributed by atoms with Gasteiger partial charge in [0.1, 0.15) is 11.6 Å². The molecular weight excluding hydrogens is 370 g/mol. The van der Waals surface area contributed by atoms with Gasteiger partial charge in [-0.05, 0) is 63.1 Å². The maximum Gasteiger partial charge on any atom is 0.194 e. The van der Waals surface area contributed by atoms with E-state index in [1.807, 2.05) is 51.1 Å². The van der Waals surface area contributed by atoms with Crippen LogP contribution >= 0.6 is 11.8 Å². The van der Waals surface area contributed by atoms with Crippen molar-refractivity contribution >= 4 is 29.2 Å². The molecule has 6 nitrogen and oxygen atoms in total. The van der Waals surface area contributed by atoms with E-state index in [2.05, 4.69) is 25.5 Å². The summed E-state index contributed by atoms with van der Waals surface area (Å²) in [5.41, 5.74) is 3.98.